The summed E-state index contributed by atoms with van der Waals surface area (Å²) in [6.45, 7) is 26.1. The maximum Gasteiger partial charge on any atom is 0.216 e. The van der Waals surface area contributed by atoms with Gasteiger partial charge in [0.05, 0.1) is 22.3 Å². The number of aryl methyl sites for hydroxylation is 16. The van der Waals surface area contributed by atoms with Gasteiger partial charge < -0.3 is 17.7 Å². The zero-order chi connectivity index (χ0) is 90.8. The third-order valence-corrected chi connectivity index (χ3v) is 27.5. The van der Waals surface area contributed by atoms with Gasteiger partial charge in [-0.05, 0) is 245 Å². The Morgan fingerprint density at radius 2 is 0.500 bits per heavy atom. The second-order valence-corrected chi connectivity index (χ2v) is 36.3. The number of furan rings is 4. The molecule has 0 saturated heterocycles. The number of aromatic nitrogens is 4. The highest BCUT2D eigenvalue weighted by Crippen LogP contribution is 2.49. The summed E-state index contributed by atoms with van der Waals surface area (Å²) in [4.78, 5) is 0. The van der Waals surface area contributed by atoms with Crippen LogP contribution in [0.25, 0.3) is 220 Å². The van der Waals surface area contributed by atoms with Gasteiger partial charge in [-0.25, -0.2) is 18.3 Å². The van der Waals surface area contributed by atoms with Gasteiger partial charge in [0, 0.05) is 90.1 Å². The largest absolute Gasteiger partial charge is 0.455 e. The topological polar surface area (TPSA) is 68.1 Å². The first-order valence-corrected chi connectivity index (χ1v) is 45.7. The van der Waals surface area contributed by atoms with E-state index in [4.69, 9.17) is 17.7 Å². The molecule has 8 nitrogen and oxygen atoms in total. The Labute approximate surface area is 769 Å². The molecule has 0 aliphatic heterocycles. The van der Waals surface area contributed by atoms with E-state index in [1.807, 2.05) is 0 Å². The summed E-state index contributed by atoms with van der Waals surface area (Å²) in [6, 6.07) is 113. The number of fused-ring (bicyclic) bond motifs is 20. The molecular weight excluding hydrogens is 1610 g/mol. The summed E-state index contributed by atoms with van der Waals surface area (Å²) in [6.07, 6.45) is 8.81. The van der Waals surface area contributed by atoms with Gasteiger partial charge in [-0.2, -0.15) is 0 Å². The molecular formula is C124H104N4O4+4. The van der Waals surface area contributed by atoms with Crippen LogP contribution in [0.5, 0.6) is 0 Å². The molecule has 0 atom stereocenters. The van der Waals surface area contributed by atoms with Crippen LogP contribution in [0.2, 0.25) is 0 Å². The second-order valence-electron chi connectivity index (χ2n) is 36.3. The van der Waals surface area contributed by atoms with E-state index in [-0.39, 0.29) is 0 Å². The average Bonchev–Trinajstić information content (AvgIpc) is 1.59. The van der Waals surface area contributed by atoms with Crippen LogP contribution >= 0.6 is 0 Å². The van der Waals surface area contributed by atoms with Crippen LogP contribution < -0.4 is 18.3 Å². The molecule has 0 aliphatic rings. The average molecular weight is 1710 g/mol. The fourth-order valence-electron chi connectivity index (χ4n) is 21.1. The Bertz CT molecular complexity index is 8810. The second kappa shape index (κ2) is 33.5. The van der Waals surface area contributed by atoms with Crippen molar-refractivity contribution in [2.45, 2.75) is 83.1 Å². The predicted molar refractivity (Wildman–Crippen MR) is 550 cm³/mol. The van der Waals surface area contributed by atoms with Crippen LogP contribution in [0.1, 0.15) is 66.8 Å². The monoisotopic (exact) mass is 1710 g/mol. The van der Waals surface area contributed by atoms with Crippen LogP contribution in [0.4, 0.5) is 0 Å². The Kier molecular flexibility index (Phi) is 21.1. The number of hydrogen-bond donors (Lipinski definition) is 0. The lowest BCUT2D eigenvalue weighted by molar-refractivity contribution is -0.660. The van der Waals surface area contributed by atoms with Crippen molar-refractivity contribution < 1.29 is 35.9 Å². The minimum absolute atomic E-state index is 0.941. The molecule has 24 aromatic rings. The van der Waals surface area contributed by atoms with Crippen LogP contribution in [0.3, 0.4) is 0 Å². The first-order valence-electron chi connectivity index (χ1n) is 45.7. The molecule has 0 aliphatic carbocycles. The summed E-state index contributed by atoms with van der Waals surface area (Å²) in [5.41, 5.74) is 41.6. The number of hydrogen-bond acceptors (Lipinski definition) is 4. The lowest BCUT2D eigenvalue weighted by atomic mass is 9.93. The molecule has 8 aromatic heterocycles. The summed E-state index contributed by atoms with van der Waals surface area (Å²) < 4.78 is 35.4. The molecule has 0 bridgehead atoms. The van der Waals surface area contributed by atoms with Crippen molar-refractivity contribution in [1.82, 2.24) is 0 Å². The summed E-state index contributed by atoms with van der Waals surface area (Å²) in [7, 11) is 8.48. The standard InChI is InChI=1S/C32H28NO.2C31H26NO.C30H24NO/c1-19-16-28-31(25-14-10-9-13-24(19)25)30-21(3)15-20(2)29(32(30)34-28)27-17-26(22(4)18-33(27)5)23-11-7-6-8-12-23;1-19-16-20(2)29-30-24-13-9-8-12-23(24)14-15-27(30)33-31(29)28(19)26-17-25(21(3)18-32(26)4)22-10-6-5-7-11-22;1-19-14-15-25-30-24-13-9-8-12-23(24)20(2)16-28(30)33-31(25)29(19)27-17-26(21(3)18-32(27)4)22-10-6-5-7-11-22;1-19-13-14-25-29-24-12-8-7-11-23(24)20(2)17-27(29)32-30(25)28(19)26-18-22(15-16-31(26)3)21-9-5-4-6-10-21/h6-18H,1-5H3;2*5-18H,1-4H3;4-18H,1-3H3/q4*+1. The molecule has 640 valence electrons. The summed E-state index contributed by atoms with van der Waals surface area (Å²) in [5, 5.41) is 19.7. The van der Waals surface area contributed by atoms with Gasteiger partial charge in [-0.3, -0.25) is 0 Å². The van der Waals surface area contributed by atoms with Gasteiger partial charge in [0.25, 0.3) is 0 Å². The fraction of sp³-hybridized carbons (Fsp3) is 0.129. The first-order chi connectivity index (χ1) is 64.1. The Balaban J connectivity index is 0.000000106. The maximum atomic E-state index is 6.71. The normalized spacial score (nSPS) is 11.6. The molecule has 8 heterocycles. The number of rotatable bonds is 8. The number of nitrogens with zero attached hydrogens (tertiary/aromatic N) is 4. The molecule has 8 heteroatoms. The Hall–Kier alpha value is -15.6. The van der Waals surface area contributed by atoms with Crippen molar-refractivity contribution in [2.75, 3.05) is 0 Å². The molecule has 132 heavy (non-hydrogen) atoms. The number of benzene rings is 16. The fourth-order valence-corrected chi connectivity index (χ4v) is 21.1. The summed E-state index contributed by atoms with van der Waals surface area (Å²) >= 11 is 0. The van der Waals surface area contributed by atoms with E-state index in [1.54, 1.807) is 0 Å². The minimum atomic E-state index is 0.941. The highest BCUT2D eigenvalue weighted by molar-refractivity contribution is 6.26. The molecule has 16 aromatic carbocycles. The highest BCUT2D eigenvalue weighted by Gasteiger charge is 2.31. The third kappa shape index (κ3) is 14.3. The first kappa shape index (κ1) is 83.3. The molecule has 0 N–H and O–H groups in total. The molecule has 0 fully saturated rings. The van der Waals surface area contributed by atoms with Crippen molar-refractivity contribution in [3.8, 4) is 89.5 Å². The van der Waals surface area contributed by atoms with Crippen LogP contribution in [0, 0.1) is 83.1 Å². The molecule has 0 unspecified atom stereocenters. The molecule has 0 radical (unpaired) electrons. The van der Waals surface area contributed by atoms with E-state index in [1.165, 1.54) is 203 Å². The van der Waals surface area contributed by atoms with Crippen molar-refractivity contribution in [1.29, 1.82) is 0 Å². The van der Waals surface area contributed by atoms with E-state index >= 15 is 0 Å². The third-order valence-electron chi connectivity index (χ3n) is 27.5. The molecule has 24 rings (SSSR count). The van der Waals surface area contributed by atoms with Crippen molar-refractivity contribution in [3.05, 3.63) is 407 Å². The minimum Gasteiger partial charge on any atom is -0.455 e. The van der Waals surface area contributed by atoms with Crippen LogP contribution in [-0.2, 0) is 28.2 Å². The van der Waals surface area contributed by atoms with Gasteiger partial charge in [-0.15, -0.1) is 0 Å². The Morgan fingerprint density at radius 1 is 0.182 bits per heavy atom. The SMILES string of the molecule is Cc1c[n+](C)c(-c2c(C)cc(C)c3c2oc2cc(C)c4ccccc4c23)cc1-c1ccccc1.Cc1c[n+](C)c(-c2c(C)cc(C)c3c2oc2ccc4ccccc4c23)cc1-c1ccccc1.Cc1c[n+](C)c(-c2c(C)ccc3c2oc2cc(C)c4ccccc4c23)cc1-c1ccccc1.Cc1ccc2c(oc3cc(C)c4ccccc4c32)c1-c1cc(-c2ccccc2)cc[n+]1C. The zero-order valence-corrected chi connectivity index (χ0v) is 77.8. The van der Waals surface area contributed by atoms with E-state index in [2.05, 4.69) is 470 Å². The predicted octanol–water partition coefficient (Wildman–Crippen LogP) is 31.3. The van der Waals surface area contributed by atoms with Gasteiger partial charge in [0.1, 0.15) is 72.9 Å². The van der Waals surface area contributed by atoms with Gasteiger partial charge >= 0.3 is 0 Å². The van der Waals surface area contributed by atoms with E-state index in [0.717, 1.165) is 84.1 Å². The van der Waals surface area contributed by atoms with Gasteiger partial charge in [0.15, 0.2) is 24.8 Å². The molecule has 0 amide bonds. The van der Waals surface area contributed by atoms with Crippen molar-refractivity contribution in [2.24, 2.45) is 28.2 Å². The van der Waals surface area contributed by atoms with E-state index in [9.17, 15) is 0 Å². The lowest BCUT2D eigenvalue weighted by Crippen LogP contribution is -2.31. The smallest absolute Gasteiger partial charge is 0.216 e. The van der Waals surface area contributed by atoms with E-state index < -0.39 is 0 Å². The van der Waals surface area contributed by atoms with Crippen molar-refractivity contribution >= 4 is 131 Å². The summed E-state index contributed by atoms with van der Waals surface area (Å²) in [5.74, 6) is 0. The van der Waals surface area contributed by atoms with Crippen LogP contribution in [-0.4, -0.2) is 0 Å². The van der Waals surface area contributed by atoms with Gasteiger partial charge in [-0.1, -0.05) is 261 Å². The highest BCUT2D eigenvalue weighted by atomic mass is 16.3. The number of pyridine rings is 4. The quantitative estimate of drug-likeness (QED) is 0.142. The van der Waals surface area contributed by atoms with E-state index in [0.29, 0.717) is 0 Å². The van der Waals surface area contributed by atoms with Crippen molar-refractivity contribution in [3.63, 3.8) is 0 Å². The molecule has 0 spiro atoms. The zero-order valence-electron chi connectivity index (χ0n) is 77.8. The van der Waals surface area contributed by atoms with Gasteiger partial charge in [0.2, 0.25) is 22.8 Å². The lowest BCUT2D eigenvalue weighted by Gasteiger charge is -2.11. The Morgan fingerprint density at radius 3 is 0.909 bits per heavy atom. The molecule has 0 saturated carbocycles. The maximum absolute atomic E-state index is 6.71. The van der Waals surface area contributed by atoms with Crippen LogP contribution in [0.15, 0.2) is 358 Å².